The van der Waals surface area contributed by atoms with Gasteiger partial charge in [-0.25, -0.2) is 8.42 Å². The smallest absolute Gasteiger partial charge is 0.270 e. The lowest BCUT2D eigenvalue weighted by molar-refractivity contribution is 0.102. The molecule has 9 heteroatoms. The van der Waals surface area contributed by atoms with Gasteiger partial charge in [0.05, 0.1) is 6.04 Å². The monoisotopic (exact) mass is 478 g/mol. The fraction of sp³-hybridized carbons (Fsp3) is 0.125. The van der Waals surface area contributed by atoms with E-state index >= 15 is 0 Å². The van der Waals surface area contributed by atoms with E-state index in [0.29, 0.717) is 5.56 Å². The van der Waals surface area contributed by atoms with Crippen LogP contribution in [0.15, 0.2) is 83.2 Å². The molecule has 4 aromatic rings. The molecule has 1 atom stereocenters. The number of anilines is 1. The average Bonchev–Trinajstić information content (AvgIpc) is 3.28. The van der Waals surface area contributed by atoms with E-state index in [2.05, 4.69) is 20.2 Å². The van der Waals surface area contributed by atoms with Crippen molar-refractivity contribution in [2.45, 2.75) is 24.2 Å². The second-order valence-corrected chi connectivity index (χ2v) is 10.4. The quantitative estimate of drug-likeness (QED) is 0.382. The van der Waals surface area contributed by atoms with Crippen molar-refractivity contribution in [3.63, 3.8) is 0 Å². The maximum Gasteiger partial charge on any atom is 0.270 e. The van der Waals surface area contributed by atoms with Gasteiger partial charge in [-0.3, -0.25) is 10.1 Å². The third-order valence-corrected chi connectivity index (χ3v) is 7.67. The number of aromatic nitrogens is 2. The molecule has 3 aromatic carbocycles. The summed E-state index contributed by atoms with van der Waals surface area (Å²) in [6.45, 7) is 3.82. The minimum absolute atomic E-state index is 0.106. The lowest BCUT2D eigenvalue weighted by Crippen LogP contribution is -2.30. The second kappa shape index (κ2) is 9.62. The first-order valence-electron chi connectivity index (χ1n) is 10.2. The Hall–Kier alpha value is -3.40. The zero-order chi connectivity index (χ0) is 23.4. The summed E-state index contributed by atoms with van der Waals surface area (Å²) in [5.41, 5.74) is 3.99. The number of sulfonamides is 1. The molecule has 0 saturated heterocycles. The highest BCUT2D eigenvalue weighted by atomic mass is 32.2. The van der Waals surface area contributed by atoms with Gasteiger partial charge in [0.2, 0.25) is 9.47 Å². The zero-order valence-electron chi connectivity index (χ0n) is 18.0. The highest BCUT2D eigenvalue weighted by Gasteiger charge is 2.27. The van der Waals surface area contributed by atoms with E-state index in [9.17, 15) is 13.2 Å². The molecule has 0 saturated carbocycles. The van der Waals surface area contributed by atoms with Crippen LogP contribution in [0.5, 0.6) is 0 Å². The molecule has 7 nitrogen and oxygen atoms in total. The number of hydrogen-bond acceptors (Lipinski definition) is 6. The van der Waals surface area contributed by atoms with Crippen molar-refractivity contribution in [3.8, 4) is 0 Å². The molecule has 1 heterocycles. The largest absolute Gasteiger partial charge is 0.296 e. The molecule has 4 rings (SSSR count). The van der Waals surface area contributed by atoms with Gasteiger partial charge in [-0.1, -0.05) is 83.6 Å². The van der Waals surface area contributed by atoms with Gasteiger partial charge in [0, 0.05) is 5.56 Å². The predicted octanol–water partition coefficient (Wildman–Crippen LogP) is 4.48. The molecule has 0 radical (unpaired) electrons. The van der Waals surface area contributed by atoms with Gasteiger partial charge in [-0.2, -0.15) is 4.72 Å². The van der Waals surface area contributed by atoms with E-state index in [1.54, 1.807) is 18.2 Å². The molecule has 1 amide bonds. The highest BCUT2D eigenvalue weighted by Crippen LogP contribution is 2.28. The van der Waals surface area contributed by atoms with Crippen molar-refractivity contribution >= 4 is 32.4 Å². The van der Waals surface area contributed by atoms with E-state index in [1.807, 2.05) is 74.5 Å². The summed E-state index contributed by atoms with van der Waals surface area (Å²) in [6.07, 6.45) is 0. The number of carbonyl (C=O) groups excluding carboxylic acids is 1. The highest BCUT2D eigenvalue weighted by molar-refractivity contribution is 7.91. The number of amides is 1. The lowest BCUT2D eigenvalue weighted by Gasteiger charge is -2.20. The van der Waals surface area contributed by atoms with Crippen LogP contribution >= 0.6 is 11.3 Å². The molecule has 0 bridgehead atoms. The van der Waals surface area contributed by atoms with Crippen LogP contribution in [0.25, 0.3) is 0 Å². The van der Waals surface area contributed by atoms with E-state index in [4.69, 9.17) is 0 Å². The van der Waals surface area contributed by atoms with E-state index in [0.717, 1.165) is 33.6 Å². The number of benzene rings is 3. The van der Waals surface area contributed by atoms with E-state index < -0.39 is 16.1 Å². The molecule has 2 N–H and O–H groups in total. The molecule has 0 aliphatic heterocycles. The first-order valence-corrected chi connectivity index (χ1v) is 12.5. The van der Waals surface area contributed by atoms with Gasteiger partial charge >= 0.3 is 0 Å². The standard InChI is InChI=1S/C24H22N4O3S2/c1-16-9-8-13-19(15-16)22(29)25-23-26-27-24(32-23)33(30,31)28-21(18-11-4-3-5-12-18)20-14-7-6-10-17(20)2/h3-15,21,28H,1-2H3,(H,25,26,29). The van der Waals surface area contributed by atoms with Crippen LogP contribution in [0.4, 0.5) is 5.13 Å². The van der Waals surface area contributed by atoms with Crippen LogP contribution in [-0.2, 0) is 10.0 Å². The van der Waals surface area contributed by atoms with Crippen molar-refractivity contribution in [1.82, 2.24) is 14.9 Å². The SMILES string of the molecule is Cc1cccc(C(=O)Nc2nnc(S(=O)(=O)NC(c3ccccc3)c3ccccc3C)s2)c1. The maximum atomic E-state index is 13.2. The fourth-order valence-electron chi connectivity index (χ4n) is 3.40. The molecule has 168 valence electrons. The normalized spacial score (nSPS) is 12.3. The van der Waals surface area contributed by atoms with Gasteiger partial charge < -0.3 is 0 Å². The van der Waals surface area contributed by atoms with Gasteiger partial charge in [0.1, 0.15) is 0 Å². The Balaban J connectivity index is 1.59. The average molecular weight is 479 g/mol. The van der Waals surface area contributed by atoms with E-state index in [-0.39, 0.29) is 15.4 Å². The summed E-state index contributed by atoms with van der Waals surface area (Å²) in [4.78, 5) is 12.5. The Morgan fingerprint density at radius 1 is 0.909 bits per heavy atom. The van der Waals surface area contributed by atoms with Crippen LogP contribution < -0.4 is 10.0 Å². The maximum absolute atomic E-state index is 13.2. The Morgan fingerprint density at radius 2 is 1.64 bits per heavy atom. The summed E-state index contributed by atoms with van der Waals surface area (Å²) < 4.78 is 28.9. The Morgan fingerprint density at radius 3 is 2.36 bits per heavy atom. The molecular formula is C24H22N4O3S2. The summed E-state index contributed by atoms with van der Waals surface area (Å²) in [7, 11) is -4.02. The van der Waals surface area contributed by atoms with Gasteiger partial charge in [0.15, 0.2) is 0 Å². The first-order chi connectivity index (χ1) is 15.8. The number of hydrogen-bond donors (Lipinski definition) is 2. The molecular weight excluding hydrogens is 456 g/mol. The summed E-state index contributed by atoms with van der Waals surface area (Å²) in [5.74, 6) is -0.381. The number of carbonyl (C=O) groups is 1. The third kappa shape index (κ3) is 5.33. The molecule has 0 aliphatic carbocycles. The van der Waals surface area contributed by atoms with Gasteiger partial charge in [0.25, 0.3) is 15.9 Å². The van der Waals surface area contributed by atoms with Crippen molar-refractivity contribution in [1.29, 1.82) is 0 Å². The second-order valence-electron chi connectivity index (χ2n) is 7.52. The van der Waals surface area contributed by atoms with Gasteiger partial charge in [-0.05, 0) is 42.7 Å². The summed E-state index contributed by atoms with van der Waals surface area (Å²) >= 11 is 0.799. The van der Waals surface area contributed by atoms with Gasteiger partial charge in [-0.15, -0.1) is 10.2 Å². The molecule has 0 aliphatic rings. The number of nitrogens with zero attached hydrogens (tertiary/aromatic N) is 2. The van der Waals surface area contributed by atoms with Crippen molar-refractivity contribution in [2.75, 3.05) is 5.32 Å². The van der Waals surface area contributed by atoms with Crippen LogP contribution in [0, 0.1) is 13.8 Å². The Labute approximate surface area is 196 Å². The molecule has 1 aromatic heterocycles. The number of rotatable bonds is 7. The van der Waals surface area contributed by atoms with Crippen molar-refractivity contribution < 1.29 is 13.2 Å². The molecule has 0 spiro atoms. The number of aryl methyl sites for hydroxylation is 2. The van der Waals surface area contributed by atoms with Crippen molar-refractivity contribution in [2.24, 2.45) is 0 Å². The Kier molecular flexibility index (Phi) is 6.64. The summed E-state index contributed by atoms with van der Waals surface area (Å²) in [6, 6.07) is 23.4. The molecule has 0 fully saturated rings. The van der Waals surface area contributed by atoms with Crippen molar-refractivity contribution in [3.05, 3.63) is 107 Å². The minimum atomic E-state index is -4.02. The third-order valence-electron chi connectivity index (χ3n) is 5.04. The molecule has 33 heavy (non-hydrogen) atoms. The summed E-state index contributed by atoms with van der Waals surface area (Å²) in [5, 5.41) is 10.4. The van der Waals surface area contributed by atoms with Crippen LogP contribution in [0.2, 0.25) is 0 Å². The number of nitrogens with one attached hydrogen (secondary N) is 2. The predicted molar refractivity (Wildman–Crippen MR) is 129 cm³/mol. The zero-order valence-corrected chi connectivity index (χ0v) is 19.7. The van der Waals surface area contributed by atoms with Crippen LogP contribution in [-0.4, -0.2) is 24.5 Å². The van der Waals surface area contributed by atoms with Crippen LogP contribution in [0.3, 0.4) is 0 Å². The van der Waals surface area contributed by atoms with E-state index in [1.165, 1.54) is 0 Å². The Bertz CT molecular complexity index is 1390. The minimum Gasteiger partial charge on any atom is -0.296 e. The lowest BCUT2D eigenvalue weighted by atomic mass is 9.96. The molecule has 1 unspecified atom stereocenters. The topological polar surface area (TPSA) is 101 Å². The fourth-order valence-corrected chi connectivity index (χ4v) is 5.51. The first kappa shape index (κ1) is 22.8. The van der Waals surface area contributed by atoms with Crippen LogP contribution in [0.1, 0.15) is 38.7 Å².